The number of aromatic amines is 1. The minimum atomic E-state index is -0.407. The molecule has 0 atom stereocenters. The van der Waals surface area contributed by atoms with E-state index in [1.54, 1.807) is 24.3 Å². The highest BCUT2D eigenvalue weighted by molar-refractivity contribution is 5.77. The summed E-state index contributed by atoms with van der Waals surface area (Å²) in [5.41, 5.74) is -0.147. The lowest BCUT2D eigenvalue weighted by atomic mass is 10.2. The average molecular weight is 303 g/mol. The van der Waals surface area contributed by atoms with Gasteiger partial charge in [-0.25, -0.2) is 4.79 Å². The summed E-state index contributed by atoms with van der Waals surface area (Å²) in [6.45, 7) is 4.13. The fourth-order valence-corrected chi connectivity index (χ4v) is 2.35. The molecule has 1 aromatic heterocycles. The van der Waals surface area contributed by atoms with Gasteiger partial charge in [0.15, 0.2) is 0 Å². The summed E-state index contributed by atoms with van der Waals surface area (Å²) >= 11 is 0. The third-order valence-electron chi connectivity index (χ3n) is 3.37. The largest absolute Gasteiger partial charge is 0.354 e. The zero-order chi connectivity index (χ0) is 16.1. The molecule has 2 aromatic rings. The van der Waals surface area contributed by atoms with Crippen molar-refractivity contribution in [2.75, 3.05) is 0 Å². The van der Waals surface area contributed by atoms with Crippen LogP contribution in [0.1, 0.15) is 33.1 Å². The monoisotopic (exact) mass is 303 g/mol. The highest BCUT2D eigenvalue weighted by atomic mass is 16.2. The molecule has 1 amide bonds. The smallest absolute Gasteiger partial charge is 0.328 e. The van der Waals surface area contributed by atoms with Crippen LogP contribution in [0.15, 0.2) is 33.9 Å². The zero-order valence-corrected chi connectivity index (χ0v) is 12.9. The van der Waals surface area contributed by atoms with Gasteiger partial charge in [0.25, 0.3) is 5.56 Å². The van der Waals surface area contributed by atoms with Crippen LogP contribution in [0, 0.1) is 0 Å². The number of hydrogen-bond donors (Lipinski definition) is 2. The van der Waals surface area contributed by atoms with Crippen LogP contribution in [0.2, 0.25) is 0 Å². The van der Waals surface area contributed by atoms with Gasteiger partial charge in [-0.1, -0.05) is 12.1 Å². The fraction of sp³-hybridized carbons (Fsp3) is 0.438. The molecule has 0 saturated heterocycles. The molecular weight excluding hydrogens is 282 g/mol. The Labute approximate surface area is 128 Å². The summed E-state index contributed by atoms with van der Waals surface area (Å²) in [5, 5.41) is 3.31. The van der Waals surface area contributed by atoms with E-state index in [0.29, 0.717) is 36.7 Å². The van der Waals surface area contributed by atoms with Gasteiger partial charge in [-0.3, -0.25) is 14.2 Å². The van der Waals surface area contributed by atoms with Crippen LogP contribution in [0.25, 0.3) is 10.9 Å². The average Bonchev–Trinajstić information content (AvgIpc) is 2.45. The van der Waals surface area contributed by atoms with Crippen molar-refractivity contribution in [3.8, 4) is 0 Å². The second kappa shape index (κ2) is 7.06. The van der Waals surface area contributed by atoms with Gasteiger partial charge < -0.3 is 10.3 Å². The summed E-state index contributed by atoms with van der Waals surface area (Å²) in [6.07, 6.45) is 1.64. The van der Waals surface area contributed by atoms with Gasteiger partial charge in [0, 0.05) is 19.0 Å². The van der Waals surface area contributed by atoms with E-state index in [4.69, 9.17) is 0 Å². The molecule has 0 aliphatic heterocycles. The molecule has 2 N–H and O–H groups in total. The third kappa shape index (κ3) is 3.84. The number of amides is 1. The Bertz CT molecular complexity index is 774. The summed E-state index contributed by atoms with van der Waals surface area (Å²) in [6, 6.07) is 7.06. The summed E-state index contributed by atoms with van der Waals surface area (Å²) in [5.74, 6) is -0.00484. The highest BCUT2D eigenvalue weighted by Gasteiger charge is 2.07. The number of unbranched alkanes of at least 4 members (excludes halogenated alkanes) is 1. The first-order chi connectivity index (χ1) is 10.5. The Balaban J connectivity index is 2.02. The Morgan fingerprint density at radius 3 is 2.68 bits per heavy atom. The predicted molar refractivity (Wildman–Crippen MR) is 86.0 cm³/mol. The summed E-state index contributed by atoms with van der Waals surface area (Å²) in [7, 11) is 0. The van der Waals surface area contributed by atoms with E-state index in [9.17, 15) is 14.4 Å². The SMILES string of the molecule is CC(C)NC(=O)CCCCn1c(=O)[nH]c2ccccc2c1=O. The molecule has 0 fully saturated rings. The Hall–Kier alpha value is -2.37. The fourth-order valence-electron chi connectivity index (χ4n) is 2.35. The van der Waals surface area contributed by atoms with E-state index < -0.39 is 5.69 Å². The summed E-state index contributed by atoms with van der Waals surface area (Å²) < 4.78 is 1.20. The zero-order valence-electron chi connectivity index (χ0n) is 12.9. The molecule has 0 radical (unpaired) electrons. The normalized spacial score (nSPS) is 11.0. The number of carbonyl (C=O) groups is 1. The van der Waals surface area contributed by atoms with Crippen molar-refractivity contribution in [2.24, 2.45) is 0 Å². The first-order valence-electron chi connectivity index (χ1n) is 7.50. The Morgan fingerprint density at radius 1 is 1.23 bits per heavy atom. The van der Waals surface area contributed by atoms with Crippen LogP contribution in [0.3, 0.4) is 0 Å². The number of nitrogens with one attached hydrogen (secondary N) is 2. The number of rotatable bonds is 6. The number of aromatic nitrogens is 2. The maximum atomic E-state index is 12.3. The van der Waals surface area contributed by atoms with Gasteiger partial charge in [-0.05, 0) is 38.8 Å². The second-order valence-corrected chi connectivity index (χ2v) is 5.61. The molecule has 6 heteroatoms. The molecule has 1 heterocycles. The minimum absolute atomic E-state index is 0.00484. The third-order valence-corrected chi connectivity index (χ3v) is 3.37. The number of hydrogen-bond acceptors (Lipinski definition) is 3. The molecule has 0 spiro atoms. The topological polar surface area (TPSA) is 84.0 Å². The van der Waals surface area contributed by atoms with E-state index in [1.165, 1.54) is 4.57 Å². The molecule has 2 rings (SSSR count). The number of fused-ring (bicyclic) bond motifs is 1. The first-order valence-corrected chi connectivity index (χ1v) is 7.50. The number of nitrogens with zero attached hydrogens (tertiary/aromatic N) is 1. The lowest BCUT2D eigenvalue weighted by Crippen LogP contribution is -2.35. The van der Waals surface area contributed by atoms with Crippen molar-refractivity contribution >= 4 is 16.8 Å². The van der Waals surface area contributed by atoms with Gasteiger partial charge in [0.2, 0.25) is 5.91 Å². The molecule has 0 saturated carbocycles. The number of H-pyrrole nitrogens is 1. The number of carbonyl (C=O) groups excluding carboxylic acids is 1. The van der Waals surface area contributed by atoms with Gasteiger partial charge in [0.05, 0.1) is 10.9 Å². The molecule has 118 valence electrons. The van der Waals surface area contributed by atoms with Crippen molar-refractivity contribution < 1.29 is 4.79 Å². The lowest BCUT2D eigenvalue weighted by Gasteiger charge is -2.08. The van der Waals surface area contributed by atoms with Crippen LogP contribution in [0.4, 0.5) is 0 Å². The molecule has 6 nitrogen and oxygen atoms in total. The Morgan fingerprint density at radius 2 is 1.95 bits per heavy atom. The van der Waals surface area contributed by atoms with Crippen molar-refractivity contribution in [3.63, 3.8) is 0 Å². The van der Waals surface area contributed by atoms with Crippen LogP contribution >= 0.6 is 0 Å². The second-order valence-electron chi connectivity index (χ2n) is 5.61. The maximum absolute atomic E-state index is 12.3. The van der Waals surface area contributed by atoms with E-state index >= 15 is 0 Å². The van der Waals surface area contributed by atoms with Crippen LogP contribution in [0.5, 0.6) is 0 Å². The van der Waals surface area contributed by atoms with E-state index in [0.717, 1.165) is 0 Å². The van der Waals surface area contributed by atoms with Gasteiger partial charge in [-0.15, -0.1) is 0 Å². The number of benzene rings is 1. The molecule has 0 unspecified atom stereocenters. The highest BCUT2D eigenvalue weighted by Crippen LogP contribution is 2.04. The van der Waals surface area contributed by atoms with Crippen LogP contribution in [-0.2, 0) is 11.3 Å². The van der Waals surface area contributed by atoms with Crippen molar-refractivity contribution in [3.05, 3.63) is 45.1 Å². The van der Waals surface area contributed by atoms with Crippen LogP contribution < -0.4 is 16.6 Å². The Kier molecular flexibility index (Phi) is 5.14. The minimum Gasteiger partial charge on any atom is -0.354 e. The molecule has 22 heavy (non-hydrogen) atoms. The van der Waals surface area contributed by atoms with Gasteiger partial charge >= 0.3 is 5.69 Å². The van der Waals surface area contributed by atoms with Gasteiger partial charge in [-0.2, -0.15) is 0 Å². The predicted octanol–water partition coefficient (Wildman–Crippen LogP) is 1.38. The molecule has 0 aliphatic rings. The van der Waals surface area contributed by atoms with Gasteiger partial charge in [0.1, 0.15) is 0 Å². The maximum Gasteiger partial charge on any atom is 0.328 e. The van der Waals surface area contributed by atoms with Crippen molar-refractivity contribution in [1.82, 2.24) is 14.9 Å². The molecule has 1 aromatic carbocycles. The van der Waals surface area contributed by atoms with Crippen molar-refractivity contribution in [2.45, 2.75) is 45.7 Å². The standard InChI is InChI=1S/C16H21N3O3/c1-11(2)17-14(20)9-5-6-10-19-15(21)12-7-3-4-8-13(12)18-16(19)22/h3-4,7-8,11H,5-6,9-10H2,1-2H3,(H,17,20)(H,18,22). The van der Waals surface area contributed by atoms with E-state index in [2.05, 4.69) is 10.3 Å². The molecule has 0 bridgehead atoms. The summed E-state index contributed by atoms with van der Waals surface area (Å²) in [4.78, 5) is 38.5. The molecular formula is C16H21N3O3. The first kappa shape index (κ1) is 16.0. The quantitative estimate of drug-likeness (QED) is 0.791. The van der Waals surface area contributed by atoms with E-state index in [-0.39, 0.29) is 17.5 Å². The van der Waals surface area contributed by atoms with Crippen molar-refractivity contribution in [1.29, 1.82) is 0 Å². The lowest BCUT2D eigenvalue weighted by molar-refractivity contribution is -0.121. The van der Waals surface area contributed by atoms with E-state index in [1.807, 2.05) is 13.8 Å². The molecule has 0 aliphatic carbocycles. The number of para-hydroxylation sites is 1. The van der Waals surface area contributed by atoms with Crippen LogP contribution in [-0.4, -0.2) is 21.5 Å².